The first-order valence-electron chi connectivity index (χ1n) is 19.6. The van der Waals surface area contributed by atoms with Gasteiger partial charge in [-0.2, -0.15) is 0 Å². The lowest BCUT2D eigenvalue weighted by Crippen LogP contribution is -2.54. The van der Waals surface area contributed by atoms with Gasteiger partial charge in [-0.05, 0) is 75.8 Å². The van der Waals surface area contributed by atoms with E-state index in [1.807, 2.05) is 22.9 Å². The molecule has 14 nitrogen and oxygen atoms in total. The van der Waals surface area contributed by atoms with Crippen LogP contribution in [0.25, 0.3) is 17.0 Å². The largest absolute Gasteiger partial charge is 0.472 e. The molecule has 1 saturated heterocycles. The van der Waals surface area contributed by atoms with E-state index in [0.29, 0.717) is 43.2 Å². The van der Waals surface area contributed by atoms with E-state index < -0.39 is 40.0 Å². The second-order valence-electron chi connectivity index (χ2n) is 15.3. The maximum absolute atomic E-state index is 14.3. The first-order chi connectivity index (χ1) is 27.0. The molecule has 56 heavy (non-hydrogen) atoms. The molecule has 8 rings (SSSR count). The number of allylic oxidation sites excluding steroid dienone is 2. The molecule has 1 unspecified atom stereocenters. The molecule has 1 aromatic carbocycles. The summed E-state index contributed by atoms with van der Waals surface area (Å²) in [5, 5.41) is 6.89. The lowest BCUT2D eigenvalue weighted by Gasteiger charge is -2.28. The van der Waals surface area contributed by atoms with Crippen LogP contribution < -0.4 is 20.1 Å². The van der Waals surface area contributed by atoms with Crippen LogP contribution in [0.4, 0.5) is 0 Å². The highest BCUT2D eigenvalue weighted by Crippen LogP contribution is 2.36. The van der Waals surface area contributed by atoms with E-state index in [9.17, 15) is 27.6 Å². The van der Waals surface area contributed by atoms with Crippen LogP contribution in [-0.2, 0) is 30.8 Å². The maximum atomic E-state index is 14.3. The molecule has 2 aromatic heterocycles. The average Bonchev–Trinajstić information content (AvgIpc) is 4.11. The summed E-state index contributed by atoms with van der Waals surface area (Å²) in [5.74, 6) is -0.533. The number of pyridine rings is 1. The van der Waals surface area contributed by atoms with E-state index in [-0.39, 0.29) is 35.3 Å². The fourth-order valence-corrected chi connectivity index (χ4v) is 8.86. The van der Waals surface area contributed by atoms with Crippen LogP contribution in [0.3, 0.4) is 0 Å². The number of aromatic nitrogens is 3. The topological polar surface area (TPSA) is 190 Å². The summed E-state index contributed by atoms with van der Waals surface area (Å²) in [6, 6.07) is 6.57. The fourth-order valence-electron chi connectivity index (χ4n) is 7.54. The van der Waals surface area contributed by atoms with Crippen molar-refractivity contribution in [1.82, 2.24) is 35.2 Å². The molecule has 15 heteroatoms. The van der Waals surface area contributed by atoms with Crippen molar-refractivity contribution in [3.63, 3.8) is 0 Å². The molecule has 0 spiro atoms. The van der Waals surface area contributed by atoms with E-state index in [2.05, 4.69) is 51.0 Å². The molecule has 4 heterocycles. The standard InChI is InChI=1S/C36H40N6O4.C5H9NO3S/c1-22-19-38-31(20-37-22)33(43)39-29-16-6-4-2-3-5-11-23-17-30(23)40-34(44)32-18-24(21-42(32)36(29)45)46-35-27-14-8-7-12-25(27)26-13-9-10-15-28(26)41-35;1-4(7)6-10(8,9)5-2-3-5/h5,7,9-13,15,19-20,23-24,29-30,32H,2-4,6,8,14,16-18,21H2,1H3,(H,39,43)(H,40,44);5H,2-3H2,1H3,(H,6,7)/b11-5-;/t23?,24-,29+,30-,32+;/m1./s1. The Morgan fingerprint density at radius 2 is 1.80 bits per heavy atom. The van der Waals surface area contributed by atoms with Gasteiger partial charge < -0.3 is 20.3 Å². The number of benzene rings is 1. The minimum absolute atomic E-state index is 0.0716. The molecule has 3 fully saturated rings. The van der Waals surface area contributed by atoms with Crippen LogP contribution in [0.2, 0.25) is 0 Å². The number of fused-ring (bicyclic) bond motifs is 5. The summed E-state index contributed by atoms with van der Waals surface area (Å²) in [6.45, 7) is 3.22. The number of hydrogen-bond donors (Lipinski definition) is 3. The predicted octanol–water partition coefficient (Wildman–Crippen LogP) is 4.08. The van der Waals surface area contributed by atoms with Crippen LogP contribution in [0.5, 0.6) is 5.88 Å². The predicted molar refractivity (Wildman–Crippen MR) is 210 cm³/mol. The second-order valence-corrected chi connectivity index (χ2v) is 17.3. The number of nitrogens with one attached hydrogen (secondary N) is 3. The highest BCUT2D eigenvalue weighted by molar-refractivity contribution is 7.90. The Hall–Kier alpha value is -5.18. The quantitative estimate of drug-likeness (QED) is 0.308. The number of hydrogen-bond acceptors (Lipinski definition) is 10. The third kappa shape index (κ3) is 9.43. The molecule has 0 bridgehead atoms. The number of carbonyl (C=O) groups excluding carboxylic acids is 4. The van der Waals surface area contributed by atoms with Gasteiger partial charge in [0, 0.05) is 36.5 Å². The maximum Gasteiger partial charge on any atom is 0.272 e. The van der Waals surface area contributed by atoms with Gasteiger partial charge in [-0.15, -0.1) is 0 Å². The van der Waals surface area contributed by atoms with E-state index >= 15 is 0 Å². The smallest absolute Gasteiger partial charge is 0.272 e. The minimum Gasteiger partial charge on any atom is -0.472 e. The Kier molecular flexibility index (Phi) is 11.8. The van der Waals surface area contributed by atoms with E-state index in [4.69, 9.17) is 9.72 Å². The summed E-state index contributed by atoms with van der Waals surface area (Å²) < 4.78 is 30.3. The Labute approximate surface area is 327 Å². The molecule has 5 atom stereocenters. The number of carbonyl (C=O) groups is 4. The van der Waals surface area contributed by atoms with Gasteiger partial charge in [0.05, 0.1) is 29.2 Å². The van der Waals surface area contributed by atoms with Gasteiger partial charge in [0.25, 0.3) is 5.91 Å². The number of ether oxygens (including phenoxy) is 1. The Balaban J connectivity index is 0.000000420. The van der Waals surface area contributed by atoms with Crippen LogP contribution in [-0.4, -0.2) is 87.9 Å². The molecule has 3 aromatic rings. The van der Waals surface area contributed by atoms with Gasteiger partial charge in [-0.3, -0.25) is 28.9 Å². The van der Waals surface area contributed by atoms with Crippen molar-refractivity contribution in [2.75, 3.05) is 6.54 Å². The molecule has 2 saturated carbocycles. The normalized spacial score (nSPS) is 25.5. The number of para-hydroxylation sites is 1. The Morgan fingerprint density at radius 1 is 0.982 bits per heavy atom. The summed E-state index contributed by atoms with van der Waals surface area (Å²) in [4.78, 5) is 66.6. The summed E-state index contributed by atoms with van der Waals surface area (Å²) in [7, 11) is -3.29. The number of nitrogens with zero attached hydrogens (tertiary/aromatic N) is 4. The fraction of sp³-hybridized carbons (Fsp3) is 0.488. The zero-order valence-electron chi connectivity index (χ0n) is 31.8. The number of rotatable bonds is 6. The molecule has 2 aliphatic heterocycles. The lowest BCUT2D eigenvalue weighted by atomic mass is 9.95. The molecular formula is C41H49N7O7S. The van der Waals surface area contributed by atoms with Gasteiger partial charge in [0.2, 0.25) is 33.6 Å². The van der Waals surface area contributed by atoms with Crippen molar-refractivity contribution in [2.45, 2.75) is 114 Å². The zero-order valence-corrected chi connectivity index (χ0v) is 32.6. The van der Waals surface area contributed by atoms with E-state index in [1.165, 1.54) is 19.3 Å². The first kappa shape index (κ1) is 39.1. The van der Waals surface area contributed by atoms with E-state index in [1.54, 1.807) is 11.8 Å². The Morgan fingerprint density at radius 3 is 2.57 bits per heavy atom. The highest BCUT2D eigenvalue weighted by Gasteiger charge is 2.46. The van der Waals surface area contributed by atoms with Crippen molar-refractivity contribution < 1.29 is 32.3 Å². The SMILES string of the molecule is CC(=O)NS(=O)(=O)C1CC1.Cc1cnc(C(=O)N[C@H]2CCCCC/C=C\C3C[C@H]3NC(=O)[C@@H]3C[C@@H](Oc4nc5ccccc5c5c4CCC=C5)CN3C2=O)cn1. The number of amides is 4. The molecule has 296 valence electrons. The average molecular weight is 784 g/mol. The number of aryl methyl sites for hydroxylation is 1. The van der Waals surface area contributed by atoms with Crippen molar-refractivity contribution in [3.8, 4) is 5.88 Å². The summed E-state index contributed by atoms with van der Waals surface area (Å²) in [6.07, 6.45) is 19.7. The van der Waals surface area contributed by atoms with Gasteiger partial charge in [-0.1, -0.05) is 55.3 Å². The highest BCUT2D eigenvalue weighted by atomic mass is 32.2. The first-order valence-corrected chi connectivity index (χ1v) is 21.2. The van der Waals surface area contributed by atoms with Gasteiger partial charge >= 0.3 is 0 Å². The van der Waals surface area contributed by atoms with Crippen molar-refractivity contribution in [1.29, 1.82) is 0 Å². The molecule has 3 N–H and O–H groups in total. The van der Waals surface area contributed by atoms with Crippen LogP contribution >= 0.6 is 0 Å². The third-order valence-electron chi connectivity index (χ3n) is 10.8. The van der Waals surface area contributed by atoms with Gasteiger partial charge in [0.15, 0.2) is 0 Å². The van der Waals surface area contributed by atoms with Crippen LogP contribution in [0.1, 0.15) is 98.4 Å². The summed E-state index contributed by atoms with van der Waals surface area (Å²) in [5.41, 5.74) is 3.86. The van der Waals surface area contributed by atoms with E-state index in [0.717, 1.165) is 67.0 Å². The van der Waals surface area contributed by atoms with Gasteiger partial charge in [0.1, 0.15) is 23.9 Å². The molecule has 3 aliphatic carbocycles. The molecule has 4 amide bonds. The molecule has 5 aliphatic rings. The lowest BCUT2D eigenvalue weighted by molar-refractivity contribution is -0.140. The third-order valence-corrected chi connectivity index (χ3v) is 12.7. The van der Waals surface area contributed by atoms with Gasteiger partial charge in [-0.25, -0.2) is 18.4 Å². The zero-order chi connectivity index (χ0) is 39.4. The van der Waals surface area contributed by atoms with Crippen molar-refractivity contribution >= 4 is 50.6 Å². The Bertz CT molecular complexity index is 2150. The second kappa shape index (κ2) is 16.9. The molecular weight excluding hydrogens is 735 g/mol. The monoisotopic (exact) mass is 783 g/mol. The number of sulfonamides is 1. The van der Waals surface area contributed by atoms with Crippen LogP contribution in [0, 0.1) is 12.8 Å². The van der Waals surface area contributed by atoms with Crippen molar-refractivity contribution in [2.24, 2.45) is 5.92 Å². The summed E-state index contributed by atoms with van der Waals surface area (Å²) >= 11 is 0. The van der Waals surface area contributed by atoms with Crippen LogP contribution in [0.15, 0.2) is 54.9 Å². The minimum atomic E-state index is -3.29. The van der Waals surface area contributed by atoms with Crippen molar-refractivity contribution in [3.05, 3.63) is 77.4 Å². The molecule has 0 radical (unpaired) electrons.